The molecule has 1 aromatic carbocycles. The van der Waals surface area contributed by atoms with Gasteiger partial charge in [0.15, 0.2) is 5.13 Å². The Morgan fingerprint density at radius 3 is 2.74 bits per heavy atom. The molecule has 5 nitrogen and oxygen atoms in total. The van der Waals surface area contributed by atoms with Crippen molar-refractivity contribution in [2.24, 2.45) is 0 Å². The van der Waals surface area contributed by atoms with Gasteiger partial charge in [-0.3, -0.25) is 9.69 Å². The van der Waals surface area contributed by atoms with Crippen molar-refractivity contribution in [1.82, 2.24) is 9.97 Å². The summed E-state index contributed by atoms with van der Waals surface area (Å²) in [5.74, 6) is 0.277. The minimum absolute atomic E-state index is 0.146. The number of aromatic nitrogens is 2. The van der Waals surface area contributed by atoms with Crippen LogP contribution in [0.4, 0.5) is 5.13 Å². The van der Waals surface area contributed by atoms with Gasteiger partial charge in [0.25, 0.3) is 5.91 Å². The smallest absolute Gasteiger partial charge is 0.260 e. The average molecular weight is 325 g/mol. The van der Waals surface area contributed by atoms with E-state index in [-0.39, 0.29) is 5.91 Å². The standard InChI is InChI=1S/C17H15N3O2S/c1-20(17-19-9-10-23-17)16(21)14-7-8-18-15(11-14)22-12-13-5-3-2-4-6-13/h2-11H,12H2,1H3. The molecule has 0 radical (unpaired) electrons. The van der Waals surface area contributed by atoms with E-state index in [9.17, 15) is 4.79 Å². The number of anilines is 1. The molecule has 0 atom stereocenters. The Morgan fingerprint density at radius 1 is 1.17 bits per heavy atom. The fourth-order valence-electron chi connectivity index (χ4n) is 2.01. The molecule has 0 saturated carbocycles. The maximum Gasteiger partial charge on any atom is 0.260 e. The molecule has 0 spiro atoms. The number of carbonyl (C=O) groups is 1. The molecule has 6 heteroatoms. The largest absolute Gasteiger partial charge is 0.473 e. The van der Waals surface area contributed by atoms with Crippen LogP contribution in [0.25, 0.3) is 0 Å². The van der Waals surface area contributed by atoms with E-state index in [2.05, 4.69) is 9.97 Å². The van der Waals surface area contributed by atoms with E-state index in [1.54, 1.807) is 31.6 Å². The third-order valence-electron chi connectivity index (χ3n) is 3.22. The fraction of sp³-hybridized carbons (Fsp3) is 0.118. The molecule has 0 fully saturated rings. The molecule has 0 aliphatic heterocycles. The van der Waals surface area contributed by atoms with Gasteiger partial charge in [0.2, 0.25) is 5.88 Å². The van der Waals surface area contributed by atoms with Crippen LogP contribution in [0.15, 0.2) is 60.2 Å². The van der Waals surface area contributed by atoms with E-state index in [1.165, 1.54) is 16.2 Å². The van der Waals surface area contributed by atoms with Crippen LogP contribution in [-0.2, 0) is 6.61 Å². The Labute approximate surface area is 138 Å². The molecule has 3 rings (SSSR count). The lowest BCUT2D eigenvalue weighted by Gasteiger charge is -2.14. The summed E-state index contributed by atoms with van der Waals surface area (Å²) in [4.78, 5) is 22.3. The average Bonchev–Trinajstić information content (AvgIpc) is 3.14. The number of carbonyl (C=O) groups excluding carboxylic acids is 1. The Bertz CT molecular complexity index is 776. The number of pyridine rings is 1. The maximum absolute atomic E-state index is 12.5. The Hall–Kier alpha value is -2.73. The van der Waals surface area contributed by atoms with Gasteiger partial charge >= 0.3 is 0 Å². The molecule has 116 valence electrons. The zero-order chi connectivity index (χ0) is 16.1. The molecular weight excluding hydrogens is 310 g/mol. The number of rotatable bonds is 5. The van der Waals surface area contributed by atoms with E-state index >= 15 is 0 Å². The van der Waals surface area contributed by atoms with Crippen LogP contribution in [0.1, 0.15) is 15.9 Å². The molecule has 0 aliphatic rings. The third-order valence-corrected chi connectivity index (χ3v) is 4.07. The number of amides is 1. The van der Waals surface area contributed by atoms with Gasteiger partial charge in [-0.1, -0.05) is 30.3 Å². The van der Waals surface area contributed by atoms with E-state index in [1.807, 2.05) is 35.7 Å². The van der Waals surface area contributed by atoms with Gasteiger partial charge in [-0.2, -0.15) is 0 Å². The van der Waals surface area contributed by atoms with Gasteiger partial charge in [-0.25, -0.2) is 9.97 Å². The summed E-state index contributed by atoms with van der Waals surface area (Å²) in [5.41, 5.74) is 1.56. The van der Waals surface area contributed by atoms with Crippen LogP contribution in [0.2, 0.25) is 0 Å². The first-order valence-electron chi connectivity index (χ1n) is 7.04. The predicted molar refractivity (Wildman–Crippen MR) is 89.9 cm³/mol. The summed E-state index contributed by atoms with van der Waals surface area (Å²) in [6.07, 6.45) is 3.24. The molecule has 1 amide bonds. The summed E-state index contributed by atoms with van der Waals surface area (Å²) in [7, 11) is 1.70. The van der Waals surface area contributed by atoms with E-state index in [4.69, 9.17) is 4.74 Å². The van der Waals surface area contributed by atoms with Crippen molar-refractivity contribution in [3.05, 3.63) is 71.4 Å². The van der Waals surface area contributed by atoms with Gasteiger partial charge in [0, 0.05) is 36.5 Å². The number of hydrogen-bond acceptors (Lipinski definition) is 5. The highest BCUT2D eigenvalue weighted by Gasteiger charge is 2.16. The second-order valence-electron chi connectivity index (χ2n) is 4.84. The van der Waals surface area contributed by atoms with Crippen LogP contribution < -0.4 is 9.64 Å². The van der Waals surface area contributed by atoms with Crippen molar-refractivity contribution >= 4 is 22.4 Å². The van der Waals surface area contributed by atoms with Crippen molar-refractivity contribution < 1.29 is 9.53 Å². The number of benzene rings is 1. The predicted octanol–water partition coefficient (Wildman–Crippen LogP) is 3.39. The molecule has 0 saturated heterocycles. The van der Waals surface area contributed by atoms with Gasteiger partial charge < -0.3 is 4.74 Å². The van der Waals surface area contributed by atoms with Crippen LogP contribution >= 0.6 is 11.3 Å². The number of thiazole rings is 1. The first-order chi connectivity index (χ1) is 11.2. The van der Waals surface area contributed by atoms with E-state index in [0.29, 0.717) is 23.2 Å². The molecular formula is C17H15N3O2S. The molecule has 0 N–H and O–H groups in total. The zero-order valence-electron chi connectivity index (χ0n) is 12.5. The minimum Gasteiger partial charge on any atom is -0.473 e. The summed E-state index contributed by atoms with van der Waals surface area (Å²) < 4.78 is 5.66. The highest BCUT2D eigenvalue weighted by atomic mass is 32.1. The van der Waals surface area contributed by atoms with Gasteiger partial charge in [-0.15, -0.1) is 11.3 Å². The highest BCUT2D eigenvalue weighted by molar-refractivity contribution is 7.13. The molecule has 0 bridgehead atoms. The van der Waals surface area contributed by atoms with E-state index in [0.717, 1.165) is 5.56 Å². The Morgan fingerprint density at radius 2 is 2.00 bits per heavy atom. The van der Waals surface area contributed by atoms with Gasteiger partial charge in [0.05, 0.1) is 0 Å². The fourth-order valence-corrected chi connectivity index (χ4v) is 2.62. The molecule has 3 aromatic rings. The van der Waals surface area contributed by atoms with Crippen molar-refractivity contribution in [3.63, 3.8) is 0 Å². The van der Waals surface area contributed by atoms with Crippen LogP contribution in [-0.4, -0.2) is 22.9 Å². The SMILES string of the molecule is CN(C(=O)c1ccnc(OCc2ccccc2)c1)c1nccs1. The third kappa shape index (κ3) is 3.73. The molecule has 23 heavy (non-hydrogen) atoms. The lowest BCUT2D eigenvalue weighted by molar-refractivity contribution is 0.0992. The van der Waals surface area contributed by atoms with Crippen molar-refractivity contribution in [2.75, 3.05) is 11.9 Å². The topological polar surface area (TPSA) is 55.3 Å². The second kappa shape index (κ2) is 7.02. The molecule has 0 unspecified atom stereocenters. The first kappa shape index (κ1) is 15.2. The minimum atomic E-state index is -0.146. The quantitative estimate of drug-likeness (QED) is 0.721. The Balaban J connectivity index is 1.71. The van der Waals surface area contributed by atoms with Crippen molar-refractivity contribution in [3.8, 4) is 5.88 Å². The monoisotopic (exact) mass is 325 g/mol. The van der Waals surface area contributed by atoms with Crippen molar-refractivity contribution in [2.45, 2.75) is 6.61 Å². The number of ether oxygens (including phenoxy) is 1. The van der Waals surface area contributed by atoms with Crippen molar-refractivity contribution in [1.29, 1.82) is 0 Å². The lowest BCUT2D eigenvalue weighted by atomic mass is 10.2. The van der Waals surface area contributed by atoms with Crippen LogP contribution in [0.5, 0.6) is 5.88 Å². The normalized spacial score (nSPS) is 10.3. The summed E-state index contributed by atoms with van der Waals surface area (Å²) >= 11 is 1.41. The number of nitrogens with zero attached hydrogens (tertiary/aromatic N) is 3. The van der Waals surface area contributed by atoms with Gasteiger partial charge in [0.1, 0.15) is 6.61 Å². The zero-order valence-corrected chi connectivity index (χ0v) is 13.4. The van der Waals surface area contributed by atoms with Crippen LogP contribution in [0.3, 0.4) is 0 Å². The summed E-state index contributed by atoms with van der Waals surface area (Å²) in [6, 6.07) is 13.1. The number of hydrogen-bond donors (Lipinski definition) is 0. The Kier molecular flexibility index (Phi) is 4.63. The summed E-state index contributed by atoms with van der Waals surface area (Å²) in [5, 5.41) is 2.48. The molecule has 2 heterocycles. The lowest BCUT2D eigenvalue weighted by Crippen LogP contribution is -2.26. The van der Waals surface area contributed by atoms with Crippen LogP contribution in [0, 0.1) is 0 Å². The van der Waals surface area contributed by atoms with E-state index < -0.39 is 0 Å². The maximum atomic E-state index is 12.5. The summed E-state index contributed by atoms with van der Waals surface area (Å²) in [6.45, 7) is 0.411. The highest BCUT2D eigenvalue weighted by Crippen LogP contribution is 2.19. The first-order valence-corrected chi connectivity index (χ1v) is 7.92. The molecule has 2 aromatic heterocycles. The molecule has 0 aliphatic carbocycles. The van der Waals surface area contributed by atoms with Gasteiger partial charge in [-0.05, 0) is 11.6 Å². The second-order valence-corrected chi connectivity index (χ2v) is 5.71.